The number of H-pyrrole nitrogens is 1. The molecule has 0 amide bonds. The molecule has 5 nitrogen and oxygen atoms in total. The molecule has 0 saturated carbocycles. The lowest BCUT2D eigenvalue weighted by Crippen LogP contribution is -2.22. The first kappa shape index (κ1) is 14.8. The van der Waals surface area contributed by atoms with Crippen molar-refractivity contribution in [3.63, 3.8) is 0 Å². The number of fused-ring (bicyclic) bond motifs is 1. The van der Waals surface area contributed by atoms with Gasteiger partial charge >= 0.3 is 0 Å². The lowest BCUT2D eigenvalue weighted by atomic mass is 10.1. The van der Waals surface area contributed by atoms with E-state index in [2.05, 4.69) is 10.1 Å². The molecule has 0 aliphatic carbocycles. The summed E-state index contributed by atoms with van der Waals surface area (Å²) in [4.78, 5) is 17.1. The summed E-state index contributed by atoms with van der Waals surface area (Å²) < 4.78 is 6.53. The smallest absolute Gasteiger partial charge is 0.276 e. The van der Waals surface area contributed by atoms with E-state index >= 15 is 0 Å². The van der Waals surface area contributed by atoms with Crippen LogP contribution in [-0.2, 0) is 11.2 Å². The number of aromatic amines is 1. The number of nitrogens with one attached hydrogen (secondary N) is 1. The first-order valence-corrected chi connectivity index (χ1v) is 7.34. The number of methoxy groups -OCH3 is 1. The van der Waals surface area contributed by atoms with Crippen LogP contribution in [-0.4, -0.2) is 28.3 Å². The van der Waals surface area contributed by atoms with Gasteiger partial charge in [0.25, 0.3) is 5.56 Å². The van der Waals surface area contributed by atoms with Gasteiger partial charge in [-0.2, -0.15) is 0 Å². The van der Waals surface area contributed by atoms with E-state index in [1.54, 1.807) is 7.11 Å². The molecule has 0 unspecified atom stereocenters. The number of hydrogen-bond acceptors (Lipinski definition) is 3. The van der Waals surface area contributed by atoms with Crippen LogP contribution in [0.25, 0.3) is 16.9 Å². The van der Waals surface area contributed by atoms with Crippen molar-refractivity contribution in [3.05, 3.63) is 57.0 Å². The predicted octanol–water partition coefficient (Wildman–Crippen LogP) is 2.84. The number of halogens is 1. The van der Waals surface area contributed by atoms with Gasteiger partial charge < -0.3 is 4.74 Å². The zero-order valence-corrected chi connectivity index (χ0v) is 13.1. The minimum atomic E-state index is -0.0836. The maximum absolute atomic E-state index is 12.6. The molecule has 3 rings (SSSR count). The fourth-order valence-corrected chi connectivity index (χ4v) is 2.57. The first-order chi connectivity index (χ1) is 10.6. The highest BCUT2D eigenvalue weighted by molar-refractivity contribution is 6.30. The molecule has 2 aromatic heterocycles. The van der Waals surface area contributed by atoms with Crippen LogP contribution in [0.15, 0.2) is 35.1 Å². The van der Waals surface area contributed by atoms with E-state index in [4.69, 9.17) is 16.3 Å². The van der Waals surface area contributed by atoms with E-state index in [0.717, 1.165) is 17.0 Å². The number of benzene rings is 1. The largest absolute Gasteiger partial charge is 0.384 e. The standard InChI is InChI=1S/C16H16ClN3O2/c1-10-13(7-8-22-2)16(21)20-15(18-10)9-14(19-20)11-3-5-12(17)6-4-11/h3-6,9,19H,7-8H2,1-2H3. The lowest BCUT2D eigenvalue weighted by Gasteiger charge is -2.04. The van der Waals surface area contributed by atoms with Gasteiger partial charge in [0.1, 0.15) is 0 Å². The Morgan fingerprint density at radius 2 is 2.05 bits per heavy atom. The van der Waals surface area contributed by atoms with Gasteiger partial charge in [-0.3, -0.25) is 9.89 Å². The van der Waals surface area contributed by atoms with Crippen molar-refractivity contribution < 1.29 is 4.74 Å². The van der Waals surface area contributed by atoms with Crippen LogP contribution in [0.2, 0.25) is 5.02 Å². The molecule has 0 fully saturated rings. The Labute approximate surface area is 132 Å². The molecule has 0 radical (unpaired) electrons. The Kier molecular flexibility index (Phi) is 4.00. The summed E-state index contributed by atoms with van der Waals surface area (Å²) in [5, 5.41) is 3.78. The topological polar surface area (TPSA) is 59.4 Å². The van der Waals surface area contributed by atoms with Crippen molar-refractivity contribution >= 4 is 17.2 Å². The maximum atomic E-state index is 12.6. The summed E-state index contributed by atoms with van der Waals surface area (Å²) in [6.45, 7) is 2.34. The SMILES string of the molecule is COCCc1c(C)nc2cc(-c3ccc(Cl)cc3)[nH]n2c1=O. The monoisotopic (exact) mass is 317 g/mol. The highest BCUT2D eigenvalue weighted by Gasteiger charge is 2.12. The van der Waals surface area contributed by atoms with Crippen LogP contribution < -0.4 is 5.56 Å². The summed E-state index contributed by atoms with van der Waals surface area (Å²) >= 11 is 5.90. The van der Waals surface area contributed by atoms with Gasteiger partial charge in [0.15, 0.2) is 5.65 Å². The van der Waals surface area contributed by atoms with Crippen LogP contribution in [0.3, 0.4) is 0 Å². The highest BCUT2D eigenvalue weighted by Crippen LogP contribution is 2.21. The van der Waals surface area contributed by atoms with Gasteiger partial charge in [-0.25, -0.2) is 9.50 Å². The Morgan fingerprint density at radius 1 is 1.32 bits per heavy atom. The minimum absolute atomic E-state index is 0.0836. The third kappa shape index (κ3) is 2.65. The summed E-state index contributed by atoms with van der Waals surface area (Å²) in [6.07, 6.45) is 0.548. The Bertz CT molecular complexity index is 865. The number of nitrogens with zero attached hydrogens (tertiary/aromatic N) is 2. The van der Waals surface area contributed by atoms with Gasteiger partial charge in [0.05, 0.1) is 12.3 Å². The van der Waals surface area contributed by atoms with E-state index < -0.39 is 0 Å². The Morgan fingerprint density at radius 3 is 2.73 bits per heavy atom. The second-order valence-electron chi connectivity index (χ2n) is 5.09. The molecular formula is C16H16ClN3O2. The number of ether oxygens (including phenoxy) is 1. The first-order valence-electron chi connectivity index (χ1n) is 6.96. The molecule has 2 heterocycles. The van der Waals surface area contributed by atoms with Gasteiger partial charge in [-0.1, -0.05) is 23.7 Å². The summed E-state index contributed by atoms with van der Waals surface area (Å²) in [5.74, 6) is 0. The van der Waals surface area contributed by atoms with E-state index in [0.29, 0.717) is 29.3 Å². The third-order valence-corrected chi connectivity index (χ3v) is 3.88. The van der Waals surface area contributed by atoms with E-state index in [-0.39, 0.29) is 5.56 Å². The fourth-order valence-electron chi connectivity index (χ4n) is 2.44. The Balaban J connectivity index is 2.11. The highest BCUT2D eigenvalue weighted by atomic mass is 35.5. The van der Waals surface area contributed by atoms with Crippen molar-refractivity contribution in [2.75, 3.05) is 13.7 Å². The normalized spacial score (nSPS) is 11.2. The molecular weight excluding hydrogens is 302 g/mol. The zero-order valence-electron chi connectivity index (χ0n) is 12.4. The molecule has 6 heteroatoms. The molecule has 0 bridgehead atoms. The molecule has 1 N–H and O–H groups in total. The number of aromatic nitrogens is 3. The minimum Gasteiger partial charge on any atom is -0.384 e. The number of aryl methyl sites for hydroxylation is 1. The number of hydrogen-bond donors (Lipinski definition) is 1. The van der Waals surface area contributed by atoms with Crippen molar-refractivity contribution in [2.45, 2.75) is 13.3 Å². The van der Waals surface area contributed by atoms with Crippen LogP contribution >= 0.6 is 11.6 Å². The molecule has 0 atom stereocenters. The average Bonchev–Trinajstić information content (AvgIpc) is 2.92. The molecule has 3 aromatic rings. The lowest BCUT2D eigenvalue weighted by molar-refractivity contribution is 0.201. The van der Waals surface area contributed by atoms with Crippen molar-refractivity contribution in [2.24, 2.45) is 0 Å². The van der Waals surface area contributed by atoms with Crippen LogP contribution in [0.5, 0.6) is 0 Å². The summed E-state index contributed by atoms with van der Waals surface area (Å²) in [7, 11) is 1.62. The van der Waals surface area contributed by atoms with E-state index in [1.165, 1.54) is 4.52 Å². The van der Waals surface area contributed by atoms with Crippen molar-refractivity contribution in [3.8, 4) is 11.3 Å². The van der Waals surface area contributed by atoms with Gasteiger partial charge in [-0.15, -0.1) is 0 Å². The second-order valence-corrected chi connectivity index (χ2v) is 5.53. The number of rotatable bonds is 4. The second kappa shape index (κ2) is 5.94. The van der Waals surface area contributed by atoms with Gasteiger partial charge in [-0.05, 0) is 24.6 Å². The zero-order chi connectivity index (χ0) is 15.7. The van der Waals surface area contributed by atoms with Crippen LogP contribution in [0.1, 0.15) is 11.3 Å². The van der Waals surface area contributed by atoms with Gasteiger partial charge in [0.2, 0.25) is 0 Å². The summed E-state index contributed by atoms with van der Waals surface area (Å²) in [5.41, 5.74) is 3.70. The molecule has 0 saturated heterocycles. The Hall–Kier alpha value is -2.11. The van der Waals surface area contributed by atoms with Crippen molar-refractivity contribution in [1.29, 1.82) is 0 Å². The molecule has 0 spiro atoms. The van der Waals surface area contributed by atoms with Crippen LogP contribution in [0, 0.1) is 6.92 Å². The average molecular weight is 318 g/mol. The maximum Gasteiger partial charge on any atom is 0.276 e. The molecule has 22 heavy (non-hydrogen) atoms. The third-order valence-electron chi connectivity index (χ3n) is 3.63. The predicted molar refractivity (Wildman–Crippen MR) is 86.6 cm³/mol. The van der Waals surface area contributed by atoms with Gasteiger partial charge in [0, 0.05) is 35.9 Å². The van der Waals surface area contributed by atoms with Crippen molar-refractivity contribution in [1.82, 2.24) is 14.6 Å². The van der Waals surface area contributed by atoms with E-state index in [9.17, 15) is 4.79 Å². The molecule has 114 valence electrons. The molecule has 1 aromatic carbocycles. The summed E-state index contributed by atoms with van der Waals surface area (Å²) in [6, 6.07) is 9.28. The van der Waals surface area contributed by atoms with Crippen LogP contribution in [0.4, 0.5) is 0 Å². The fraction of sp³-hybridized carbons (Fsp3) is 0.250. The quantitative estimate of drug-likeness (QED) is 0.805. The van der Waals surface area contributed by atoms with E-state index in [1.807, 2.05) is 37.3 Å². The molecule has 0 aliphatic heterocycles. The molecule has 0 aliphatic rings.